The van der Waals surface area contributed by atoms with Crippen LogP contribution >= 0.6 is 0 Å². The lowest BCUT2D eigenvalue weighted by Gasteiger charge is -2.12. The Balaban J connectivity index is 1.99. The van der Waals surface area contributed by atoms with Crippen molar-refractivity contribution in [3.8, 4) is 11.6 Å². The first kappa shape index (κ1) is 21.0. The summed E-state index contributed by atoms with van der Waals surface area (Å²) in [4.78, 5) is 20.1. The third-order valence-corrected chi connectivity index (χ3v) is 5.65. The number of methoxy groups -OCH3 is 2. The van der Waals surface area contributed by atoms with Gasteiger partial charge in [-0.25, -0.2) is 23.2 Å². The second-order valence-electron chi connectivity index (χ2n) is 5.87. The van der Waals surface area contributed by atoms with Crippen LogP contribution in [-0.2, 0) is 24.1 Å². The van der Waals surface area contributed by atoms with Crippen LogP contribution in [0.2, 0.25) is 0 Å². The van der Waals surface area contributed by atoms with Crippen molar-refractivity contribution < 1.29 is 27.4 Å². The fourth-order valence-electron chi connectivity index (χ4n) is 2.59. The molecule has 1 heterocycles. The van der Waals surface area contributed by atoms with Crippen LogP contribution in [0, 0.1) is 0 Å². The molecule has 1 aromatic heterocycles. The number of sulfone groups is 1. The Morgan fingerprint density at radius 3 is 2.37 bits per heavy atom. The van der Waals surface area contributed by atoms with E-state index in [4.69, 9.17) is 14.2 Å². The zero-order valence-electron chi connectivity index (χ0n) is 16.2. The summed E-state index contributed by atoms with van der Waals surface area (Å²) < 4.78 is 41.1. The van der Waals surface area contributed by atoms with E-state index in [1.165, 1.54) is 38.7 Å². The highest BCUT2D eigenvalue weighted by molar-refractivity contribution is 7.91. The van der Waals surface area contributed by atoms with Gasteiger partial charge in [-0.15, -0.1) is 0 Å². The molecule has 0 saturated carbocycles. The summed E-state index contributed by atoms with van der Waals surface area (Å²) in [5.41, 5.74) is 0.513. The van der Waals surface area contributed by atoms with Gasteiger partial charge in [0.2, 0.25) is 15.7 Å². The largest absolute Gasteiger partial charge is 0.503 e. The molecule has 0 atom stereocenters. The molecule has 0 fully saturated rings. The molecule has 0 aliphatic rings. The van der Waals surface area contributed by atoms with Gasteiger partial charge in [-0.3, -0.25) is 0 Å². The van der Waals surface area contributed by atoms with E-state index in [1.54, 1.807) is 42.5 Å². The molecule has 0 aliphatic carbocycles. The minimum atomic E-state index is -3.84. The van der Waals surface area contributed by atoms with E-state index in [0.29, 0.717) is 5.56 Å². The van der Waals surface area contributed by atoms with Gasteiger partial charge in [-0.05, 0) is 18.2 Å². The van der Waals surface area contributed by atoms with Crippen LogP contribution in [0.25, 0.3) is 5.57 Å². The van der Waals surface area contributed by atoms with Gasteiger partial charge < -0.3 is 14.2 Å². The molecule has 0 bridgehead atoms. The Bertz CT molecular complexity index is 1180. The number of para-hydroxylation sites is 1. The molecule has 30 heavy (non-hydrogen) atoms. The van der Waals surface area contributed by atoms with E-state index in [1.807, 2.05) is 0 Å². The molecule has 3 aromatic rings. The Kier molecular flexibility index (Phi) is 6.43. The van der Waals surface area contributed by atoms with Gasteiger partial charge in [0.25, 0.3) is 0 Å². The minimum absolute atomic E-state index is 0.00594. The number of carbonyl (C=O) groups is 1. The Labute approximate surface area is 173 Å². The number of hydrogen-bond donors (Lipinski definition) is 0. The van der Waals surface area contributed by atoms with Crippen LogP contribution in [0.4, 0.5) is 0 Å². The summed E-state index contributed by atoms with van der Waals surface area (Å²) in [7, 11) is -1.19. The van der Waals surface area contributed by atoms with Gasteiger partial charge >= 0.3 is 5.97 Å². The normalized spacial score (nSPS) is 11.6. The van der Waals surface area contributed by atoms with E-state index >= 15 is 0 Å². The molecule has 3 rings (SSSR count). The Morgan fingerprint density at radius 1 is 0.967 bits per heavy atom. The first-order valence-corrected chi connectivity index (χ1v) is 10.2. The van der Waals surface area contributed by atoms with Crippen molar-refractivity contribution in [2.45, 2.75) is 9.92 Å². The molecular weight excluding hydrogens is 408 g/mol. The minimum Gasteiger partial charge on any atom is -0.503 e. The maximum absolute atomic E-state index is 12.8. The maximum atomic E-state index is 12.8. The van der Waals surface area contributed by atoms with E-state index in [-0.39, 0.29) is 27.1 Å². The van der Waals surface area contributed by atoms with Crippen LogP contribution in [0.15, 0.2) is 83.2 Å². The van der Waals surface area contributed by atoms with Crippen molar-refractivity contribution in [2.75, 3.05) is 14.2 Å². The molecule has 154 valence electrons. The summed E-state index contributed by atoms with van der Waals surface area (Å²) in [6.45, 7) is 0. The fraction of sp³-hybridized carbons (Fsp3) is 0.0952. The van der Waals surface area contributed by atoms with Gasteiger partial charge in [0.15, 0.2) is 5.03 Å². The average Bonchev–Trinajstić information content (AvgIpc) is 2.78. The topological polar surface area (TPSA) is 105 Å². The van der Waals surface area contributed by atoms with Gasteiger partial charge in [0, 0.05) is 11.6 Å². The SMILES string of the molecule is CO/C=C(/C(=O)OC)c1ccccc1Oc1cc(S(=O)(=O)c2ccccc2)ncn1. The third kappa shape index (κ3) is 4.47. The molecule has 0 radical (unpaired) electrons. The van der Waals surface area contributed by atoms with E-state index in [0.717, 1.165) is 6.33 Å². The number of hydrogen-bond acceptors (Lipinski definition) is 8. The van der Waals surface area contributed by atoms with Gasteiger partial charge in [0.05, 0.1) is 25.4 Å². The maximum Gasteiger partial charge on any atom is 0.341 e. The second kappa shape index (κ2) is 9.19. The highest BCUT2D eigenvalue weighted by atomic mass is 32.2. The van der Waals surface area contributed by atoms with E-state index < -0.39 is 15.8 Å². The molecule has 9 heteroatoms. The Hall–Kier alpha value is -3.72. The molecule has 2 aromatic carbocycles. The van der Waals surface area contributed by atoms with Gasteiger partial charge in [-0.2, -0.15) is 0 Å². The lowest BCUT2D eigenvalue weighted by atomic mass is 10.1. The highest BCUT2D eigenvalue weighted by Gasteiger charge is 2.22. The number of rotatable bonds is 7. The lowest BCUT2D eigenvalue weighted by molar-refractivity contribution is -0.133. The number of ether oxygens (including phenoxy) is 3. The molecular formula is C21H18N2O6S. The van der Waals surface area contributed by atoms with E-state index in [2.05, 4.69) is 9.97 Å². The van der Waals surface area contributed by atoms with Gasteiger partial charge in [0.1, 0.15) is 17.6 Å². The number of aromatic nitrogens is 2. The van der Waals surface area contributed by atoms with Crippen molar-refractivity contribution >= 4 is 21.4 Å². The number of benzene rings is 2. The zero-order valence-corrected chi connectivity index (χ0v) is 17.0. The third-order valence-electron chi connectivity index (χ3n) is 3.98. The lowest BCUT2D eigenvalue weighted by Crippen LogP contribution is -2.07. The zero-order chi connectivity index (χ0) is 21.6. The summed E-state index contributed by atoms with van der Waals surface area (Å²) in [6, 6.07) is 15.8. The number of esters is 1. The average molecular weight is 426 g/mol. The molecule has 0 unspecified atom stereocenters. The van der Waals surface area contributed by atoms with Crippen LogP contribution < -0.4 is 4.74 Å². The smallest absolute Gasteiger partial charge is 0.341 e. The summed E-state index contributed by atoms with van der Waals surface area (Å²) in [6.07, 6.45) is 2.33. The molecule has 8 nitrogen and oxygen atoms in total. The van der Waals surface area contributed by atoms with Crippen LogP contribution in [0.3, 0.4) is 0 Å². The molecule has 0 aliphatic heterocycles. The quantitative estimate of drug-likeness (QED) is 0.245. The van der Waals surface area contributed by atoms with Crippen molar-refractivity contribution in [2.24, 2.45) is 0 Å². The van der Waals surface area contributed by atoms with Crippen LogP contribution in [0.1, 0.15) is 5.56 Å². The summed E-state index contributed by atoms with van der Waals surface area (Å²) >= 11 is 0. The first-order valence-electron chi connectivity index (χ1n) is 8.68. The number of nitrogens with zero attached hydrogens (tertiary/aromatic N) is 2. The van der Waals surface area contributed by atoms with Crippen molar-refractivity contribution in [1.29, 1.82) is 0 Å². The predicted molar refractivity (Wildman–Crippen MR) is 107 cm³/mol. The van der Waals surface area contributed by atoms with Crippen LogP contribution in [-0.4, -0.2) is 38.6 Å². The number of carbonyl (C=O) groups excluding carboxylic acids is 1. The molecule has 0 N–H and O–H groups in total. The summed E-state index contributed by atoms with van der Waals surface area (Å²) in [5.74, 6) is -0.371. The van der Waals surface area contributed by atoms with Crippen molar-refractivity contribution in [3.05, 3.63) is 78.8 Å². The van der Waals surface area contributed by atoms with Crippen LogP contribution in [0.5, 0.6) is 11.6 Å². The summed E-state index contributed by atoms with van der Waals surface area (Å²) in [5, 5.41) is -0.211. The molecule has 0 saturated heterocycles. The predicted octanol–water partition coefficient (Wildman–Crippen LogP) is 3.26. The standard InChI is InChI=1S/C21H18N2O6S/c1-27-13-17(21(24)28-2)16-10-6-7-11-18(16)29-19-12-20(23-14-22-19)30(25,26)15-8-4-3-5-9-15/h3-14H,1-2H3/b17-13+. The Morgan fingerprint density at radius 2 is 1.67 bits per heavy atom. The fourth-order valence-corrected chi connectivity index (χ4v) is 3.78. The molecule has 0 spiro atoms. The highest BCUT2D eigenvalue weighted by Crippen LogP contribution is 2.31. The van der Waals surface area contributed by atoms with Crippen molar-refractivity contribution in [1.82, 2.24) is 9.97 Å². The van der Waals surface area contributed by atoms with E-state index in [9.17, 15) is 13.2 Å². The van der Waals surface area contributed by atoms with Gasteiger partial charge in [-0.1, -0.05) is 36.4 Å². The first-order chi connectivity index (χ1) is 14.5. The monoisotopic (exact) mass is 426 g/mol. The molecule has 0 amide bonds. The second-order valence-corrected chi connectivity index (χ2v) is 7.76. The van der Waals surface area contributed by atoms with Crippen molar-refractivity contribution in [3.63, 3.8) is 0 Å².